The number of rotatable bonds is 10. The van der Waals surface area contributed by atoms with Crippen LogP contribution >= 0.6 is 11.3 Å². The number of carbonyl (C=O) groups excluding carboxylic acids is 1. The lowest BCUT2D eigenvalue weighted by molar-refractivity contribution is -0.121. The molecule has 1 aliphatic rings. The molecule has 3 heterocycles. The summed E-state index contributed by atoms with van der Waals surface area (Å²) in [6, 6.07) is 12.8. The van der Waals surface area contributed by atoms with Gasteiger partial charge in [0.05, 0.1) is 5.54 Å². The molecule has 1 saturated heterocycles. The summed E-state index contributed by atoms with van der Waals surface area (Å²) in [6.07, 6.45) is 6.91. The van der Waals surface area contributed by atoms with E-state index in [9.17, 15) is 4.79 Å². The Hall–Kier alpha value is -2.15. The second-order valence-electron chi connectivity index (χ2n) is 9.55. The summed E-state index contributed by atoms with van der Waals surface area (Å²) >= 11 is 1.88. The van der Waals surface area contributed by atoms with E-state index in [-0.39, 0.29) is 17.4 Å². The lowest BCUT2D eigenvalue weighted by Gasteiger charge is -2.45. The Kier molecular flexibility index (Phi) is 7.89. The number of para-hydroxylation sites is 1. The average molecular weight is 467 g/mol. The first-order valence-electron chi connectivity index (χ1n) is 12.3. The van der Waals surface area contributed by atoms with E-state index in [0.717, 1.165) is 57.4 Å². The molecule has 3 aromatic rings. The molecule has 1 unspecified atom stereocenters. The van der Waals surface area contributed by atoms with Gasteiger partial charge in [0.2, 0.25) is 5.91 Å². The first-order valence-corrected chi connectivity index (χ1v) is 13.2. The Labute approximate surface area is 202 Å². The smallest absolute Gasteiger partial charge is 0.220 e. The van der Waals surface area contributed by atoms with E-state index in [1.165, 1.54) is 15.8 Å². The number of carbonyl (C=O) groups is 1. The van der Waals surface area contributed by atoms with Gasteiger partial charge in [-0.1, -0.05) is 31.2 Å². The Morgan fingerprint density at radius 3 is 2.70 bits per heavy atom. The van der Waals surface area contributed by atoms with Gasteiger partial charge < -0.3 is 15.2 Å². The predicted molar refractivity (Wildman–Crippen MR) is 139 cm³/mol. The largest absolute Gasteiger partial charge is 0.361 e. The molecule has 0 spiro atoms. The number of hydrogen-bond acceptors (Lipinski definition) is 4. The molecule has 1 aliphatic heterocycles. The Balaban J connectivity index is 1.21. The molecule has 0 saturated carbocycles. The predicted octanol–water partition coefficient (Wildman–Crippen LogP) is 5.17. The van der Waals surface area contributed by atoms with E-state index < -0.39 is 0 Å². The van der Waals surface area contributed by atoms with Crippen LogP contribution in [0.5, 0.6) is 0 Å². The third-order valence-corrected chi connectivity index (χ3v) is 8.54. The molecular formula is C27H38N4OS. The number of piperidine rings is 1. The summed E-state index contributed by atoms with van der Waals surface area (Å²) in [4.78, 5) is 22.4. The summed E-state index contributed by atoms with van der Waals surface area (Å²) in [7, 11) is 4.43. The number of nitrogens with one attached hydrogen (secondary N) is 2. The highest BCUT2D eigenvalue weighted by atomic mass is 32.1. The molecule has 5 nitrogen and oxygen atoms in total. The van der Waals surface area contributed by atoms with Crippen molar-refractivity contribution >= 4 is 28.1 Å². The molecule has 1 atom stereocenters. The van der Waals surface area contributed by atoms with Gasteiger partial charge in [-0.05, 0) is 75.3 Å². The summed E-state index contributed by atoms with van der Waals surface area (Å²) in [6.45, 7) is 6.20. The summed E-state index contributed by atoms with van der Waals surface area (Å²) in [5.74, 6) is 0.412. The molecule has 1 aromatic carbocycles. The molecule has 6 heteroatoms. The monoisotopic (exact) mass is 466 g/mol. The van der Waals surface area contributed by atoms with Crippen molar-refractivity contribution in [3.05, 3.63) is 58.4 Å². The molecule has 178 valence electrons. The molecule has 4 rings (SSSR count). The van der Waals surface area contributed by atoms with Crippen LogP contribution in [-0.4, -0.2) is 61.0 Å². The third-order valence-electron chi connectivity index (χ3n) is 7.48. The molecule has 2 N–H and O–H groups in total. The van der Waals surface area contributed by atoms with E-state index in [4.69, 9.17) is 0 Å². The molecule has 0 bridgehead atoms. The average Bonchev–Trinajstić information content (AvgIpc) is 3.51. The van der Waals surface area contributed by atoms with Gasteiger partial charge in [-0.3, -0.25) is 9.69 Å². The van der Waals surface area contributed by atoms with E-state index in [2.05, 4.69) is 83.0 Å². The second kappa shape index (κ2) is 10.9. The van der Waals surface area contributed by atoms with E-state index in [0.29, 0.717) is 6.42 Å². The van der Waals surface area contributed by atoms with Crippen LogP contribution in [0, 0.1) is 0 Å². The maximum Gasteiger partial charge on any atom is 0.220 e. The zero-order chi connectivity index (χ0) is 23.3. The van der Waals surface area contributed by atoms with Crippen molar-refractivity contribution in [2.75, 3.05) is 40.3 Å². The minimum absolute atomic E-state index is 0.162. The van der Waals surface area contributed by atoms with Gasteiger partial charge in [0.25, 0.3) is 0 Å². The highest BCUT2D eigenvalue weighted by Crippen LogP contribution is 2.39. The van der Waals surface area contributed by atoms with Crippen LogP contribution in [0.4, 0.5) is 0 Å². The van der Waals surface area contributed by atoms with Gasteiger partial charge in [-0.15, -0.1) is 11.3 Å². The van der Waals surface area contributed by atoms with Gasteiger partial charge in [-0.25, -0.2) is 0 Å². The fourth-order valence-corrected chi connectivity index (χ4v) is 6.40. The quantitative estimate of drug-likeness (QED) is 0.405. The van der Waals surface area contributed by atoms with Crippen molar-refractivity contribution in [3.8, 4) is 0 Å². The van der Waals surface area contributed by atoms with Crippen LogP contribution in [0.15, 0.2) is 48.0 Å². The third kappa shape index (κ3) is 5.34. The number of aromatic nitrogens is 1. The number of hydrogen-bond donors (Lipinski definition) is 2. The zero-order valence-electron chi connectivity index (χ0n) is 20.3. The Bertz CT molecular complexity index is 1020. The number of aromatic amines is 1. The fourth-order valence-electron chi connectivity index (χ4n) is 5.34. The second-order valence-corrected chi connectivity index (χ2v) is 10.5. The van der Waals surface area contributed by atoms with Crippen molar-refractivity contribution in [1.82, 2.24) is 20.1 Å². The lowest BCUT2D eigenvalue weighted by atomic mass is 9.84. The van der Waals surface area contributed by atoms with Crippen molar-refractivity contribution in [1.29, 1.82) is 0 Å². The molecule has 2 aromatic heterocycles. The van der Waals surface area contributed by atoms with Crippen LogP contribution < -0.4 is 5.32 Å². The minimum atomic E-state index is 0.162. The van der Waals surface area contributed by atoms with Crippen molar-refractivity contribution in [2.24, 2.45) is 0 Å². The highest BCUT2D eigenvalue weighted by Gasteiger charge is 2.38. The van der Waals surface area contributed by atoms with E-state index >= 15 is 0 Å². The first kappa shape index (κ1) is 24.0. The number of benzene rings is 1. The number of nitrogens with zero attached hydrogens (tertiary/aromatic N) is 2. The molecular weight excluding hydrogens is 428 g/mol. The van der Waals surface area contributed by atoms with Crippen LogP contribution in [0.3, 0.4) is 0 Å². The maximum atomic E-state index is 12.6. The first-order chi connectivity index (χ1) is 16.0. The number of H-pyrrole nitrogens is 1. The highest BCUT2D eigenvalue weighted by molar-refractivity contribution is 7.10. The summed E-state index contributed by atoms with van der Waals surface area (Å²) in [5.41, 5.74) is 2.58. The van der Waals surface area contributed by atoms with Gasteiger partial charge >= 0.3 is 0 Å². The standard InChI is InChI=1S/C27H38N4OS/c1-4-21(23-20-29-24-10-6-5-9-22(23)24)19-26(32)28-14-8-15-31-16-12-27(13-17-31,30(2)3)25-11-7-18-33-25/h5-7,9-11,18,20-21,29H,4,8,12-17,19H2,1-3H3,(H,28,32). The molecule has 33 heavy (non-hydrogen) atoms. The fraction of sp³-hybridized carbons (Fsp3) is 0.519. The molecule has 0 aliphatic carbocycles. The SMILES string of the molecule is CCC(CC(=O)NCCCN1CCC(c2cccs2)(N(C)C)CC1)c1c[nH]c2ccccc12. The van der Waals surface area contributed by atoms with E-state index in [1.807, 2.05) is 17.4 Å². The summed E-state index contributed by atoms with van der Waals surface area (Å²) < 4.78 is 0. The normalized spacial score (nSPS) is 17.5. The molecule has 1 fully saturated rings. The lowest BCUT2D eigenvalue weighted by Crippen LogP contribution is -2.50. The van der Waals surface area contributed by atoms with Crippen molar-refractivity contribution < 1.29 is 4.79 Å². The van der Waals surface area contributed by atoms with Crippen molar-refractivity contribution in [3.63, 3.8) is 0 Å². The van der Waals surface area contributed by atoms with E-state index in [1.54, 1.807) is 0 Å². The van der Waals surface area contributed by atoms with Gasteiger partial charge in [0.15, 0.2) is 0 Å². The number of fused-ring (bicyclic) bond motifs is 1. The van der Waals surface area contributed by atoms with Crippen molar-refractivity contribution in [2.45, 2.75) is 50.5 Å². The number of likely N-dealkylation sites (tertiary alicyclic amines) is 1. The van der Waals surface area contributed by atoms with Crippen LogP contribution in [0.2, 0.25) is 0 Å². The zero-order valence-corrected chi connectivity index (χ0v) is 21.1. The number of thiophene rings is 1. The topological polar surface area (TPSA) is 51.4 Å². The van der Waals surface area contributed by atoms with Crippen LogP contribution in [0.1, 0.15) is 55.4 Å². The molecule has 1 amide bonds. The van der Waals surface area contributed by atoms with Gasteiger partial charge in [0, 0.05) is 48.0 Å². The summed E-state index contributed by atoms with van der Waals surface area (Å²) in [5, 5.41) is 6.60. The Morgan fingerprint density at radius 2 is 2.00 bits per heavy atom. The maximum absolute atomic E-state index is 12.6. The van der Waals surface area contributed by atoms with Gasteiger partial charge in [-0.2, -0.15) is 0 Å². The minimum Gasteiger partial charge on any atom is -0.361 e. The van der Waals surface area contributed by atoms with Crippen LogP contribution in [0.25, 0.3) is 10.9 Å². The van der Waals surface area contributed by atoms with Gasteiger partial charge in [0.1, 0.15) is 0 Å². The molecule has 0 radical (unpaired) electrons. The van der Waals surface area contributed by atoms with Crippen LogP contribution in [-0.2, 0) is 10.3 Å². The number of amides is 1. The Morgan fingerprint density at radius 1 is 1.21 bits per heavy atom.